The monoisotopic (exact) mass is 551 g/mol. The minimum atomic E-state index is -0.918. The van der Waals surface area contributed by atoms with Gasteiger partial charge in [0.1, 0.15) is 6.04 Å². The zero-order valence-corrected chi connectivity index (χ0v) is 23.8. The van der Waals surface area contributed by atoms with Crippen LogP contribution in [0.15, 0.2) is 78.9 Å². The van der Waals surface area contributed by atoms with Gasteiger partial charge >= 0.3 is 5.97 Å². The summed E-state index contributed by atoms with van der Waals surface area (Å²) in [4.78, 5) is 44.8. The number of benzene rings is 3. The number of unbranched alkanes of at least 4 members (excludes halogenated alkanes) is 3. The highest BCUT2D eigenvalue weighted by atomic mass is 16.5. The van der Waals surface area contributed by atoms with E-state index in [9.17, 15) is 14.4 Å². The third-order valence-electron chi connectivity index (χ3n) is 7.39. The zero-order chi connectivity index (χ0) is 29.2. The molecule has 212 valence electrons. The van der Waals surface area contributed by atoms with E-state index in [1.165, 1.54) is 0 Å². The molecular formula is C34H37N3O4. The number of carbonyl (C=O) groups is 3. The molecule has 0 N–H and O–H groups in total. The molecule has 3 aromatic carbocycles. The van der Waals surface area contributed by atoms with Crippen molar-refractivity contribution in [1.82, 2.24) is 4.90 Å². The zero-order valence-electron chi connectivity index (χ0n) is 23.8. The fourth-order valence-electron chi connectivity index (χ4n) is 5.38. The number of nitrogens with zero attached hydrogens (tertiary/aromatic N) is 3. The summed E-state index contributed by atoms with van der Waals surface area (Å²) in [5.74, 6) is -0.934. The van der Waals surface area contributed by atoms with E-state index in [1.54, 1.807) is 23.6 Å². The number of hydrogen-bond donors (Lipinski definition) is 0. The summed E-state index contributed by atoms with van der Waals surface area (Å²) >= 11 is 0. The predicted molar refractivity (Wildman–Crippen MR) is 158 cm³/mol. The van der Waals surface area contributed by atoms with E-state index in [1.807, 2.05) is 78.9 Å². The normalized spacial score (nSPS) is 15.6. The summed E-state index contributed by atoms with van der Waals surface area (Å²) in [5.41, 5.74) is 3.63. The highest BCUT2D eigenvalue weighted by Crippen LogP contribution is 2.38. The second kappa shape index (κ2) is 14.3. The first-order valence-electron chi connectivity index (χ1n) is 14.3. The fraction of sp³-hybridized carbons (Fsp3) is 0.353. The van der Waals surface area contributed by atoms with E-state index in [0.29, 0.717) is 29.8 Å². The second-order valence-corrected chi connectivity index (χ2v) is 10.4. The van der Waals surface area contributed by atoms with E-state index < -0.39 is 18.1 Å². The number of esters is 1. The first-order chi connectivity index (χ1) is 19.9. The van der Waals surface area contributed by atoms with Gasteiger partial charge in [0.25, 0.3) is 11.8 Å². The van der Waals surface area contributed by atoms with Crippen molar-refractivity contribution in [3.05, 3.63) is 101 Å². The van der Waals surface area contributed by atoms with Gasteiger partial charge in [0.05, 0.1) is 36.9 Å². The molecule has 0 saturated carbocycles. The number of rotatable bonds is 12. The summed E-state index contributed by atoms with van der Waals surface area (Å²) in [5, 5.41) is 8.83. The number of fused-ring (bicyclic) bond motifs is 1. The van der Waals surface area contributed by atoms with Gasteiger partial charge in [0, 0.05) is 12.5 Å². The Bertz CT molecular complexity index is 1380. The second-order valence-electron chi connectivity index (χ2n) is 10.4. The van der Waals surface area contributed by atoms with Crippen molar-refractivity contribution in [2.24, 2.45) is 0 Å². The largest absolute Gasteiger partial charge is 0.466 e. The molecule has 1 heterocycles. The van der Waals surface area contributed by atoms with Gasteiger partial charge in [-0.05, 0) is 61.9 Å². The van der Waals surface area contributed by atoms with Gasteiger partial charge in [0.15, 0.2) is 0 Å². The molecule has 0 radical (unpaired) electrons. The summed E-state index contributed by atoms with van der Waals surface area (Å²) in [6, 6.07) is 25.4. The lowest BCUT2D eigenvalue weighted by Crippen LogP contribution is -2.47. The van der Waals surface area contributed by atoms with Crippen LogP contribution in [0, 0.1) is 11.3 Å². The number of hydrogen-bond acceptors (Lipinski definition) is 5. The van der Waals surface area contributed by atoms with Crippen molar-refractivity contribution in [2.75, 3.05) is 11.5 Å². The molecule has 2 amide bonds. The maximum absolute atomic E-state index is 14.5. The fourth-order valence-corrected chi connectivity index (χ4v) is 5.38. The van der Waals surface area contributed by atoms with Crippen LogP contribution in [-0.4, -0.2) is 35.3 Å². The van der Waals surface area contributed by atoms with Gasteiger partial charge in [-0.25, -0.2) is 0 Å². The first-order valence-corrected chi connectivity index (χ1v) is 14.3. The number of anilines is 1. The topological polar surface area (TPSA) is 90.7 Å². The van der Waals surface area contributed by atoms with E-state index in [4.69, 9.17) is 10.00 Å². The van der Waals surface area contributed by atoms with Gasteiger partial charge < -0.3 is 14.5 Å². The van der Waals surface area contributed by atoms with E-state index in [2.05, 4.69) is 6.07 Å². The molecule has 0 aromatic heterocycles. The quantitative estimate of drug-likeness (QED) is 0.192. The SMILES string of the molecule is CCOC(=O)CC(C)N1C(=O)c2cc(CCCCCC#N)ccc2N(Cc2ccccc2)C(=O)C1c1ccccc1. The van der Waals surface area contributed by atoms with Crippen LogP contribution in [-0.2, 0) is 27.3 Å². The minimum Gasteiger partial charge on any atom is -0.466 e. The molecule has 3 aromatic rings. The van der Waals surface area contributed by atoms with E-state index >= 15 is 0 Å². The van der Waals surface area contributed by atoms with Crippen molar-refractivity contribution in [3.63, 3.8) is 0 Å². The van der Waals surface area contributed by atoms with Crippen molar-refractivity contribution >= 4 is 23.5 Å². The summed E-state index contributed by atoms with van der Waals surface area (Å²) in [6.07, 6.45) is 3.94. The molecule has 0 fully saturated rings. The van der Waals surface area contributed by atoms with Crippen LogP contribution in [0.4, 0.5) is 5.69 Å². The summed E-state index contributed by atoms with van der Waals surface area (Å²) in [6.45, 7) is 4.09. The molecular weight excluding hydrogens is 514 g/mol. The Hall–Kier alpha value is -4.44. The Labute approximate surface area is 242 Å². The van der Waals surface area contributed by atoms with Crippen LogP contribution in [0.1, 0.15) is 79.0 Å². The number of carbonyl (C=O) groups excluding carboxylic acids is 3. The van der Waals surface area contributed by atoms with Crippen molar-refractivity contribution < 1.29 is 19.1 Å². The lowest BCUT2D eigenvalue weighted by molar-refractivity contribution is -0.144. The number of nitriles is 1. The van der Waals surface area contributed by atoms with Crippen molar-refractivity contribution in [2.45, 2.75) is 71.0 Å². The Balaban J connectivity index is 1.80. The van der Waals surface area contributed by atoms with Crippen molar-refractivity contribution in [3.8, 4) is 6.07 Å². The van der Waals surface area contributed by atoms with Crippen LogP contribution >= 0.6 is 0 Å². The minimum absolute atomic E-state index is 0.0250. The Morgan fingerprint density at radius 1 is 0.951 bits per heavy atom. The molecule has 0 spiro atoms. The summed E-state index contributed by atoms with van der Waals surface area (Å²) in [7, 11) is 0. The third kappa shape index (κ3) is 7.20. The molecule has 7 heteroatoms. The van der Waals surface area contributed by atoms with Crippen molar-refractivity contribution in [1.29, 1.82) is 5.26 Å². The predicted octanol–water partition coefficient (Wildman–Crippen LogP) is 6.39. The lowest BCUT2D eigenvalue weighted by atomic mass is 9.99. The maximum Gasteiger partial charge on any atom is 0.307 e. The average molecular weight is 552 g/mol. The standard InChI is InChI=1S/C34H37N3O4/c1-3-41-31(38)22-25(2)37-32(28-17-11-7-12-18-28)34(40)36(24-27-15-9-6-10-16-27)30-20-19-26(23-29(30)33(37)39)14-8-4-5-13-21-35/h6-7,9-12,15-20,23,25,32H,3-5,8,13-14,22,24H2,1-2H3. The van der Waals surface area contributed by atoms with Gasteiger partial charge in [0.2, 0.25) is 0 Å². The molecule has 0 bridgehead atoms. The first kappa shape index (κ1) is 29.5. The number of aryl methyl sites for hydroxylation is 1. The van der Waals surface area contributed by atoms with Gasteiger partial charge in [-0.15, -0.1) is 0 Å². The van der Waals surface area contributed by atoms with Crippen LogP contribution in [0.25, 0.3) is 0 Å². The molecule has 41 heavy (non-hydrogen) atoms. The molecule has 7 nitrogen and oxygen atoms in total. The van der Waals surface area contributed by atoms with Gasteiger partial charge in [-0.2, -0.15) is 5.26 Å². The molecule has 1 aliphatic rings. The molecule has 2 unspecified atom stereocenters. The third-order valence-corrected chi connectivity index (χ3v) is 7.39. The van der Waals surface area contributed by atoms with Crippen LogP contribution in [0.2, 0.25) is 0 Å². The number of amides is 2. The van der Waals surface area contributed by atoms with Gasteiger partial charge in [-0.3, -0.25) is 14.4 Å². The Kier molecular flexibility index (Phi) is 10.3. The Morgan fingerprint density at radius 3 is 2.34 bits per heavy atom. The maximum atomic E-state index is 14.5. The highest BCUT2D eigenvalue weighted by Gasteiger charge is 2.43. The smallest absolute Gasteiger partial charge is 0.307 e. The van der Waals surface area contributed by atoms with Gasteiger partial charge in [-0.1, -0.05) is 73.2 Å². The lowest BCUT2D eigenvalue weighted by Gasteiger charge is -2.35. The van der Waals surface area contributed by atoms with Crippen LogP contribution in [0.5, 0.6) is 0 Å². The molecule has 0 aliphatic carbocycles. The Morgan fingerprint density at radius 2 is 1.66 bits per heavy atom. The van der Waals surface area contributed by atoms with E-state index in [0.717, 1.165) is 36.8 Å². The highest BCUT2D eigenvalue weighted by molar-refractivity contribution is 6.11. The van der Waals surface area contributed by atoms with Crippen LogP contribution in [0.3, 0.4) is 0 Å². The molecule has 1 aliphatic heterocycles. The van der Waals surface area contributed by atoms with Crippen LogP contribution < -0.4 is 4.90 Å². The molecule has 0 saturated heterocycles. The number of ether oxygens (including phenoxy) is 1. The van der Waals surface area contributed by atoms with E-state index in [-0.39, 0.29) is 24.8 Å². The summed E-state index contributed by atoms with van der Waals surface area (Å²) < 4.78 is 5.21. The molecule has 4 rings (SSSR count). The average Bonchev–Trinajstić information content (AvgIpc) is 3.07. The molecule has 2 atom stereocenters.